The van der Waals surface area contributed by atoms with Crippen LogP contribution in [0.3, 0.4) is 0 Å². The molecule has 7 heteroatoms. The lowest BCUT2D eigenvalue weighted by atomic mass is 9.99. The smallest absolute Gasteiger partial charge is 0.325 e. The molecule has 0 bridgehead atoms. The first-order valence-electron chi connectivity index (χ1n) is 8.45. The van der Waals surface area contributed by atoms with Crippen molar-refractivity contribution in [1.82, 2.24) is 9.88 Å². The van der Waals surface area contributed by atoms with E-state index in [9.17, 15) is 14.3 Å². The molecule has 26 heavy (non-hydrogen) atoms. The Morgan fingerprint density at radius 2 is 2.12 bits per heavy atom. The molecule has 1 N–H and O–H groups in total. The Morgan fingerprint density at radius 1 is 1.35 bits per heavy atom. The van der Waals surface area contributed by atoms with Crippen molar-refractivity contribution in [2.24, 2.45) is 0 Å². The third-order valence-corrected chi connectivity index (χ3v) is 4.50. The predicted molar refractivity (Wildman–Crippen MR) is 92.8 cm³/mol. The molecule has 2 aromatic rings. The van der Waals surface area contributed by atoms with Crippen LogP contribution in [0, 0.1) is 5.82 Å². The predicted octanol–water partition coefficient (Wildman–Crippen LogP) is 2.90. The summed E-state index contributed by atoms with van der Waals surface area (Å²) in [6.45, 7) is 1.12. The number of benzene rings is 1. The minimum atomic E-state index is -0.985. The van der Waals surface area contributed by atoms with Gasteiger partial charge >= 0.3 is 5.97 Å². The molecule has 1 unspecified atom stereocenters. The summed E-state index contributed by atoms with van der Waals surface area (Å²) in [5, 5.41) is 9.74. The number of aliphatic carboxylic acids is 1. The summed E-state index contributed by atoms with van der Waals surface area (Å²) in [4.78, 5) is 17.8. The molecule has 0 spiro atoms. The van der Waals surface area contributed by atoms with Gasteiger partial charge in [-0.05, 0) is 31.0 Å². The highest BCUT2D eigenvalue weighted by molar-refractivity contribution is 5.76. The molecular formula is C19H21FN2O4. The average molecular weight is 360 g/mol. The number of methoxy groups -OCH3 is 1. The van der Waals surface area contributed by atoms with Gasteiger partial charge < -0.3 is 14.6 Å². The van der Waals surface area contributed by atoms with Gasteiger partial charge in [-0.25, -0.2) is 4.39 Å². The molecule has 3 rings (SSSR count). The fourth-order valence-electron chi connectivity index (χ4n) is 3.26. The number of ether oxygens (including phenoxy) is 2. The maximum Gasteiger partial charge on any atom is 0.325 e. The highest BCUT2D eigenvalue weighted by Gasteiger charge is 2.33. The number of aromatic nitrogens is 1. The van der Waals surface area contributed by atoms with Crippen LogP contribution in [-0.4, -0.2) is 47.3 Å². The lowest BCUT2D eigenvalue weighted by Crippen LogP contribution is -2.43. The summed E-state index contributed by atoms with van der Waals surface area (Å²) in [5.41, 5.74) is 0.452. The van der Waals surface area contributed by atoms with E-state index >= 15 is 0 Å². The van der Waals surface area contributed by atoms with Crippen molar-refractivity contribution in [3.8, 4) is 11.5 Å². The van der Waals surface area contributed by atoms with Crippen molar-refractivity contribution in [1.29, 1.82) is 0 Å². The molecule has 0 aliphatic carbocycles. The highest BCUT2D eigenvalue weighted by atomic mass is 19.1. The molecule has 2 heterocycles. The van der Waals surface area contributed by atoms with Crippen LogP contribution in [0.15, 0.2) is 42.7 Å². The first-order valence-corrected chi connectivity index (χ1v) is 8.45. The molecule has 1 aromatic carbocycles. The van der Waals surface area contributed by atoms with E-state index < -0.39 is 17.8 Å². The van der Waals surface area contributed by atoms with E-state index in [0.29, 0.717) is 37.2 Å². The van der Waals surface area contributed by atoms with Crippen molar-refractivity contribution in [2.45, 2.75) is 25.0 Å². The number of likely N-dealkylation sites (tertiary alicyclic amines) is 1. The van der Waals surface area contributed by atoms with E-state index in [2.05, 4.69) is 4.98 Å². The molecule has 1 saturated heterocycles. The number of carboxylic acids is 1. The minimum absolute atomic E-state index is 0.0139. The number of hydrogen-bond acceptors (Lipinski definition) is 5. The molecule has 1 fully saturated rings. The molecule has 0 amide bonds. The van der Waals surface area contributed by atoms with E-state index in [4.69, 9.17) is 9.47 Å². The van der Waals surface area contributed by atoms with Gasteiger partial charge in [0.05, 0.1) is 13.3 Å². The number of rotatable bonds is 6. The van der Waals surface area contributed by atoms with Gasteiger partial charge in [-0.3, -0.25) is 14.7 Å². The second kappa shape index (κ2) is 8.14. The number of nitrogens with zero attached hydrogens (tertiary/aromatic N) is 2. The van der Waals surface area contributed by atoms with Crippen LogP contribution in [0.2, 0.25) is 0 Å². The molecule has 6 nitrogen and oxygen atoms in total. The van der Waals surface area contributed by atoms with Crippen LogP contribution in [0.1, 0.15) is 24.4 Å². The fraction of sp³-hybridized carbons (Fsp3) is 0.368. The lowest BCUT2D eigenvalue weighted by molar-refractivity contribution is -0.144. The van der Waals surface area contributed by atoms with E-state index in [1.54, 1.807) is 12.4 Å². The van der Waals surface area contributed by atoms with Gasteiger partial charge in [0.25, 0.3) is 0 Å². The second-order valence-electron chi connectivity index (χ2n) is 6.17. The van der Waals surface area contributed by atoms with Crippen LogP contribution < -0.4 is 9.47 Å². The van der Waals surface area contributed by atoms with Crippen molar-refractivity contribution < 1.29 is 23.8 Å². The second-order valence-corrected chi connectivity index (χ2v) is 6.17. The van der Waals surface area contributed by atoms with Crippen molar-refractivity contribution in [2.75, 3.05) is 20.2 Å². The third-order valence-electron chi connectivity index (χ3n) is 4.50. The van der Waals surface area contributed by atoms with Gasteiger partial charge in [-0.15, -0.1) is 0 Å². The number of halogens is 1. The normalized spacial score (nSPS) is 16.8. The van der Waals surface area contributed by atoms with Crippen molar-refractivity contribution in [3.05, 3.63) is 54.1 Å². The molecule has 1 aromatic heterocycles. The molecule has 0 saturated carbocycles. The molecule has 138 valence electrons. The van der Waals surface area contributed by atoms with E-state index in [1.165, 1.54) is 25.3 Å². The lowest BCUT2D eigenvalue weighted by Gasteiger charge is -2.36. The Kier molecular flexibility index (Phi) is 5.68. The minimum Gasteiger partial charge on any atom is -0.496 e. The summed E-state index contributed by atoms with van der Waals surface area (Å²) in [7, 11) is 1.41. The SMILES string of the molecule is COc1cc(F)ccc1C(C(=O)O)N1CCC(Oc2cccnc2)CC1. The van der Waals surface area contributed by atoms with E-state index in [0.717, 1.165) is 0 Å². The number of pyridine rings is 1. The maximum atomic E-state index is 13.4. The Hall–Kier alpha value is -2.67. The molecular weight excluding hydrogens is 339 g/mol. The largest absolute Gasteiger partial charge is 0.496 e. The number of hydrogen-bond donors (Lipinski definition) is 1. The Balaban J connectivity index is 1.70. The van der Waals surface area contributed by atoms with Gasteiger partial charge in [-0.1, -0.05) is 6.07 Å². The van der Waals surface area contributed by atoms with Crippen LogP contribution in [-0.2, 0) is 4.79 Å². The Morgan fingerprint density at radius 3 is 2.73 bits per heavy atom. The van der Waals surface area contributed by atoms with Gasteiger partial charge in [0.2, 0.25) is 0 Å². The van der Waals surface area contributed by atoms with Gasteiger partial charge in [0, 0.05) is 30.9 Å². The van der Waals surface area contributed by atoms with Crippen LogP contribution in [0.25, 0.3) is 0 Å². The number of carboxylic acid groups (broad SMARTS) is 1. The zero-order valence-electron chi connectivity index (χ0n) is 14.5. The third kappa shape index (κ3) is 4.11. The van der Waals surface area contributed by atoms with Crippen molar-refractivity contribution >= 4 is 5.97 Å². The molecule has 1 aliphatic heterocycles. The zero-order chi connectivity index (χ0) is 18.5. The van der Waals surface area contributed by atoms with Crippen LogP contribution >= 0.6 is 0 Å². The van der Waals surface area contributed by atoms with E-state index in [-0.39, 0.29) is 11.9 Å². The molecule has 1 atom stereocenters. The summed E-state index contributed by atoms with van der Waals surface area (Å²) >= 11 is 0. The number of piperidine rings is 1. The van der Waals surface area contributed by atoms with Gasteiger partial charge in [-0.2, -0.15) is 0 Å². The Bertz CT molecular complexity index is 748. The van der Waals surface area contributed by atoms with Gasteiger partial charge in [0.1, 0.15) is 29.5 Å². The summed E-state index contributed by atoms with van der Waals surface area (Å²) in [5.74, 6) is -0.494. The fourth-order valence-corrected chi connectivity index (χ4v) is 3.26. The van der Waals surface area contributed by atoms with E-state index in [1.807, 2.05) is 17.0 Å². The quantitative estimate of drug-likeness (QED) is 0.854. The zero-order valence-corrected chi connectivity index (χ0v) is 14.5. The number of carbonyl (C=O) groups is 1. The summed E-state index contributed by atoms with van der Waals surface area (Å²) in [6, 6.07) is 6.72. The standard InChI is InChI=1S/C19H21FN2O4/c1-25-17-11-13(20)4-5-16(17)18(19(23)24)22-9-6-14(7-10-22)26-15-3-2-8-21-12-15/h2-5,8,11-12,14,18H,6-7,9-10H2,1H3,(H,23,24). The first-order chi connectivity index (χ1) is 12.6. The topological polar surface area (TPSA) is 71.9 Å². The average Bonchev–Trinajstić information content (AvgIpc) is 2.65. The highest BCUT2D eigenvalue weighted by Crippen LogP contribution is 2.32. The Labute approximate surface area is 151 Å². The van der Waals surface area contributed by atoms with Gasteiger partial charge in [0.15, 0.2) is 0 Å². The maximum absolute atomic E-state index is 13.4. The first kappa shape index (κ1) is 18.1. The summed E-state index contributed by atoms with van der Waals surface area (Å²) in [6.07, 6.45) is 4.75. The van der Waals surface area contributed by atoms with Crippen molar-refractivity contribution in [3.63, 3.8) is 0 Å². The van der Waals surface area contributed by atoms with Crippen LogP contribution in [0.5, 0.6) is 11.5 Å². The molecule has 0 radical (unpaired) electrons. The summed E-state index contributed by atoms with van der Waals surface area (Å²) < 4.78 is 24.5. The van der Waals surface area contributed by atoms with Crippen LogP contribution in [0.4, 0.5) is 4.39 Å². The monoisotopic (exact) mass is 360 g/mol. The molecule has 1 aliphatic rings.